The minimum absolute atomic E-state index is 0. The fourth-order valence-electron chi connectivity index (χ4n) is 1.51. The van der Waals surface area contributed by atoms with Gasteiger partial charge in [0.2, 0.25) is 0 Å². The number of hydrogen-bond acceptors (Lipinski definition) is 4. The molecule has 0 saturated heterocycles. The molecule has 1 N–H and O–H groups in total. The molecule has 0 aromatic carbocycles. The second-order valence-electron chi connectivity index (χ2n) is 5.11. The summed E-state index contributed by atoms with van der Waals surface area (Å²) < 4.78 is 0. The first-order chi connectivity index (χ1) is 8.25. The molecule has 6 nitrogen and oxygen atoms in total. The number of carboxylic acid groups (broad SMARTS) is 1. The molecule has 0 fully saturated rings. The Morgan fingerprint density at radius 1 is 1.21 bits per heavy atom. The number of rotatable bonds is 7. The Labute approximate surface area is 127 Å². The van der Waals surface area contributed by atoms with Crippen molar-refractivity contribution < 1.29 is 33.6 Å². The van der Waals surface area contributed by atoms with Crippen molar-refractivity contribution in [3.8, 4) is 0 Å². The van der Waals surface area contributed by atoms with E-state index in [1.807, 2.05) is 32.8 Å². The van der Waals surface area contributed by atoms with Crippen molar-refractivity contribution >= 4 is 12.0 Å². The molecule has 0 aromatic rings. The third-order valence-corrected chi connectivity index (χ3v) is 2.59. The molecule has 0 aromatic heterocycles. The second-order valence-corrected chi connectivity index (χ2v) is 5.11. The number of nitrogens with zero attached hydrogens (tertiary/aromatic N) is 2. The molecule has 0 heterocycles. The van der Waals surface area contributed by atoms with Gasteiger partial charge in [-0.3, -0.25) is 0 Å². The van der Waals surface area contributed by atoms with E-state index >= 15 is 0 Å². The van der Waals surface area contributed by atoms with Gasteiger partial charge >= 0.3 is 24.9 Å². The fraction of sp³-hybridized carbons (Fsp3) is 0.833. The van der Waals surface area contributed by atoms with E-state index < -0.39 is 12.0 Å². The van der Waals surface area contributed by atoms with Crippen LogP contribution < -0.4 is 29.3 Å². The molecule has 0 aliphatic heterocycles. The first-order valence-electron chi connectivity index (χ1n) is 6.12. The average molecular weight is 265 g/mol. The monoisotopic (exact) mass is 265 g/mol. The number of urea groups is 1. The predicted molar refractivity (Wildman–Crippen MR) is 68.0 cm³/mol. The summed E-state index contributed by atoms with van der Waals surface area (Å²) in [5.41, 5.74) is 0. The van der Waals surface area contributed by atoms with Gasteiger partial charge in [0, 0.05) is 20.1 Å². The molecule has 0 aliphatic carbocycles. The normalized spacial score (nSPS) is 11.9. The van der Waals surface area contributed by atoms with Crippen LogP contribution in [0.5, 0.6) is 0 Å². The zero-order valence-corrected chi connectivity index (χ0v) is 12.9. The Morgan fingerprint density at radius 3 is 2.11 bits per heavy atom. The summed E-state index contributed by atoms with van der Waals surface area (Å²) in [4.78, 5) is 25.9. The molecule has 0 bridgehead atoms. The molecule has 1 atom stereocenters. The van der Waals surface area contributed by atoms with E-state index in [1.165, 1.54) is 11.9 Å². The molecular weight excluding hydrogens is 241 g/mol. The van der Waals surface area contributed by atoms with Crippen molar-refractivity contribution in [1.29, 1.82) is 0 Å². The summed E-state index contributed by atoms with van der Waals surface area (Å²) in [6.07, 6.45) is 0.389. The van der Waals surface area contributed by atoms with E-state index in [9.17, 15) is 14.7 Å². The van der Waals surface area contributed by atoms with Gasteiger partial charge < -0.3 is 25.0 Å². The van der Waals surface area contributed by atoms with Crippen LogP contribution in [0.1, 0.15) is 20.3 Å². The van der Waals surface area contributed by atoms with Gasteiger partial charge in [0.1, 0.15) is 0 Å². The number of hydrogen-bond donors (Lipinski definition) is 1. The third kappa shape index (κ3) is 8.92. The quantitative estimate of drug-likeness (QED) is 0.482. The molecule has 2 amide bonds. The SMILES string of the molecule is CC(C)C[C@@H](C(=O)[O-])N(C)C(=O)NCCN(C)C.[Li+]. The Balaban J connectivity index is 0. The molecule has 0 saturated carbocycles. The number of carbonyl (C=O) groups excluding carboxylic acids is 2. The van der Waals surface area contributed by atoms with Crippen LogP contribution in [-0.2, 0) is 4.79 Å². The number of aliphatic carboxylic acids is 1. The van der Waals surface area contributed by atoms with E-state index in [1.54, 1.807) is 0 Å². The Morgan fingerprint density at radius 2 is 1.74 bits per heavy atom. The standard InChI is InChI=1S/C12H25N3O3.Li/c1-9(2)8-10(11(16)17)15(5)12(18)13-6-7-14(3)4;/h9-10H,6-8H2,1-5H3,(H,13,18)(H,16,17);/q;+1/p-1/t10-;/m0./s1. The van der Waals surface area contributed by atoms with Crippen LogP contribution in [0.25, 0.3) is 0 Å². The molecule has 0 aliphatic rings. The van der Waals surface area contributed by atoms with E-state index in [0.717, 1.165) is 0 Å². The largest absolute Gasteiger partial charge is 1.00 e. The third-order valence-electron chi connectivity index (χ3n) is 2.59. The molecule has 0 rings (SSSR count). The summed E-state index contributed by atoms with van der Waals surface area (Å²) in [7, 11) is 5.28. The van der Waals surface area contributed by atoms with Crippen LogP contribution >= 0.6 is 0 Å². The first-order valence-corrected chi connectivity index (χ1v) is 6.12. The summed E-state index contributed by atoms with van der Waals surface area (Å²) >= 11 is 0. The maximum absolute atomic E-state index is 11.8. The van der Waals surface area contributed by atoms with Crippen LogP contribution in [0.4, 0.5) is 4.79 Å². The van der Waals surface area contributed by atoms with Gasteiger partial charge in [-0.15, -0.1) is 0 Å². The Bertz CT molecular complexity index is 285. The number of amides is 2. The van der Waals surface area contributed by atoms with Crippen molar-refractivity contribution in [2.75, 3.05) is 34.2 Å². The zero-order valence-electron chi connectivity index (χ0n) is 12.9. The van der Waals surface area contributed by atoms with Crippen LogP contribution in [-0.4, -0.2) is 62.1 Å². The van der Waals surface area contributed by atoms with Gasteiger partial charge in [-0.05, 0) is 26.4 Å². The predicted octanol–water partition coefficient (Wildman–Crippen LogP) is -3.64. The molecule has 0 spiro atoms. The van der Waals surface area contributed by atoms with Crippen LogP contribution in [0.3, 0.4) is 0 Å². The summed E-state index contributed by atoms with van der Waals surface area (Å²) in [5, 5.41) is 13.7. The number of carboxylic acids is 1. The minimum atomic E-state index is -1.21. The maximum atomic E-state index is 11.8. The van der Waals surface area contributed by atoms with Gasteiger partial charge in [-0.1, -0.05) is 13.8 Å². The minimum Gasteiger partial charge on any atom is -0.548 e. The zero-order chi connectivity index (χ0) is 14.3. The molecule has 7 heteroatoms. The van der Waals surface area contributed by atoms with Crippen molar-refractivity contribution in [3.63, 3.8) is 0 Å². The Kier molecular flexibility index (Phi) is 11.0. The molecular formula is C12H24LiN3O3. The van der Waals surface area contributed by atoms with Gasteiger partial charge in [0.25, 0.3) is 0 Å². The van der Waals surface area contributed by atoms with Crippen molar-refractivity contribution in [2.45, 2.75) is 26.3 Å². The Hall–Kier alpha value is -0.703. The molecule has 106 valence electrons. The van der Waals surface area contributed by atoms with E-state index in [2.05, 4.69) is 5.32 Å². The average Bonchev–Trinajstić information content (AvgIpc) is 2.23. The summed E-state index contributed by atoms with van der Waals surface area (Å²) in [6.45, 7) is 5.01. The summed E-state index contributed by atoms with van der Waals surface area (Å²) in [6, 6.07) is -1.27. The van der Waals surface area contributed by atoms with Gasteiger partial charge in [-0.25, -0.2) is 4.79 Å². The van der Waals surface area contributed by atoms with Gasteiger partial charge in [0.05, 0.1) is 12.0 Å². The molecule has 0 radical (unpaired) electrons. The summed E-state index contributed by atoms with van der Waals surface area (Å²) in [5.74, 6) is -1.03. The van der Waals surface area contributed by atoms with Crippen molar-refractivity contribution in [2.24, 2.45) is 5.92 Å². The topological polar surface area (TPSA) is 75.7 Å². The van der Waals surface area contributed by atoms with Crippen LogP contribution in [0.2, 0.25) is 0 Å². The number of nitrogens with one attached hydrogen (secondary N) is 1. The fourth-order valence-corrected chi connectivity index (χ4v) is 1.51. The number of carbonyl (C=O) groups is 2. The first kappa shape index (κ1) is 20.6. The van der Waals surface area contributed by atoms with Gasteiger partial charge in [0.15, 0.2) is 0 Å². The van der Waals surface area contributed by atoms with E-state index in [-0.39, 0.29) is 30.8 Å². The van der Waals surface area contributed by atoms with Crippen LogP contribution in [0.15, 0.2) is 0 Å². The van der Waals surface area contributed by atoms with E-state index in [4.69, 9.17) is 0 Å². The van der Waals surface area contributed by atoms with Gasteiger partial charge in [-0.2, -0.15) is 0 Å². The molecule has 19 heavy (non-hydrogen) atoms. The maximum Gasteiger partial charge on any atom is 1.00 e. The molecule has 0 unspecified atom stereocenters. The van der Waals surface area contributed by atoms with Crippen molar-refractivity contribution in [3.05, 3.63) is 0 Å². The number of likely N-dealkylation sites (N-methyl/N-ethyl adjacent to an activating group) is 2. The van der Waals surface area contributed by atoms with Crippen LogP contribution in [0, 0.1) is 5.92 Å². The smallest absolute Gasteiger partial charge is 0.548 e. The second kappa shape index (κ2) is 10.1. The van der Waals surface area contributed by atoms with E-state index in [0.29, 0.717) is 19.5 Å². The van der Waals surface area contributed by atoms with Crippen molar-refractivity contribution in [1.82, 2.24) is 15.1 Å².